The van der Waals surface area contributed by atoms with Crippen LogP contribution in [0.3, 0.4) is 0 Å². The molecule has 0 saturated heterocycles. The van der Waals surface area contributed by atoms with Crippen molar-refractivity contribution >= 4 is 17.1 Å². The zero-order valence-corrected chi connectivity index (χ0v) is 16.3. The summed E-state index contributed by atoms with van der Waals surface area (Å²) in [6.07, 6.45) is 9.12. The van der Waals surface area contributed by atoms with Gasteiger partial charge in [0, 0.05) is 19.0 Å². The lowest BCUT2D eigenvalue weighted by Gasteiger charge is -2.34. The van der Waals surface area contributed by atoms with E-state index in [0.29, 0.717) is 23.0 Å². The van der Waals surface area contributed by atoms with E-state index in [0.717, 1.165) is 44.5 Å². The molecule has 1 fully saturated rings. The molecule has 2 aromatic rings. The van der Waals surface area contributed by atoms with Crippen LogP contribution in [-0.2, 0) is 24.3 Å². The van der Waals surface area contributed by atoms with Gasteiger partial charge in [-0.3, -0.25) is 14.2 Å². The lowest BCUT2D eigenvalue weighted by Crippen LogP contribution is -2.45. The number of fused-ring (bicyclic) bond motifs is 3. The fourth-order valence-corrected chi connectivity index (χ4v) is 4.54. The molecule has 7 heteroatoms. The number of hydrogen-bond acceptors (Lipinski definition) is 4. The van der Waals surface area contributed by atoms with Crippen molar-refractivity contribution in [2.75, 3.05) is 0 Å². The standard InChI is InChI=1S/C20H29N5O2/c1-13-7-6-8-15(14(13)2)22-17(26)11-24-12-21-19-18(20(24)27)23-16-9-4-3-5-10-25(16)19/h12-15H,3-11H2,1-2H3,(H,22,26)/t13-,14-,15-/m1/s1. The minimum atomic E-state index is -0.221. The molecular weight excluding hydrogens is 342 g/mol. The van der Waals surface area contributed by atoms with Crippen molar-refractivity contribution < 1.29 is 4.79 Å². The van der Waals surface area contributed by atoms with Crippen molar-refractivity contribution in [2.24, 2.45) is 11.8 Å². The molecule has 27 heavy (non-hydrogen) atoms. The van der Waals surface area contributed by atoms with Gasteiger partial charge in [-0.05, 0) is 31.1 Å². The lowest BCUT2D eigenvalue weighted by molar-refractivity contribution is -0.123. The monoisotopic (exact) mass is 371 g/mol. The summed E-state index contributed by atoms with van der Waals surface area (Å²) < 4.78 is 3.46. The second-order valence-electron chi connectivity index (χ2n) is 8.28. The zero-order valence-electron chi connectivity index (χ0n) is 16.3. The fraction of sp³-hybridized carbons (Fsp3) is 0.700. The van der Waals surface area contributed by atoms with Crippen molar-refractivity contribution in [3.8, 4) is 0 Å². The summed E-state index contributed by atoms with van der Waals surface area (Å²) in [4.78, 5) is 34.4. The number of nitrogens with zero attached hydrogens (tertiary/aromatic N) is 4. The van der Waals surface area contributed by atoms with Gasteiger partial charge in [-0.2, -0.15) is 0 Å². The van der Waals surface area contributed by atoms with Crippen LogP contribution in [0.15, 0.2) is 11.1 Å². The third-order valence-corrected chi connectivity index (χ3v) is 6.45. The summed E-state index contributed by atoms with van der Waals surface area (Å²) in [6.45, 7) is 5.31. The average molecular weight is 371 g/mol. The molecule has 0 unspecified atom stereocenters. The summed E-state index contributed by atoms with van der Waals surface area (Å²) in [5, 5.41) is 3.13. The largest absolute Gasteiger partial charge is 0.352 e. The molecule has 3 heterocycles. The van der Waals surface area contributed by atoms with Crippen molar-refractivity contribution in [2.45, 2.75) is 77.9 Å². The minimum Gasteiger partial charge on any atom is -0.352 e. The number of carbonyl (C=O) groups excluding carboxylic acids is 1. The van der Waals surface area contributed by atoms with Crippen molar-refractivity contribution in [1.29, 1.82) is 0 Å². The summed E-state index contributed by atoms with van der Waals surface area (Å²) in [7, 11) is 0. The Labute approximate surface area is 159 Å². The first kappa shape index (κ1) is 18.2. The Morgan fingerprint density at radius 1 is 1.22 bits per heavy atom. The first-order valence-corrected chi connectivity index (χ1v) is 10.3. The number of aryl methyl sites for hydroxylation is 2. The van der Waals surface area contributed by atoms with Gasteiger partial charge in [0.1, 0.15) is 18.7 Å². The summed E-state index contributed by atoms with van der Waals surface area (Å²) in [6, 6.07) is 0.192. The average Bonchev–Trinajstić information content (AvgIpc) is 2.83. The number of hydrogen-bond donors (Lipinski definition) is 1. The quantitative estimate of drug-likeness (QED) is 0.897. The van der Waals surface area contributed by atoms with E-state index < -0.39 is 0 Å². The van der Waals surface area contributed by atoms with Crippen LogP contribution in [0.4, 0.5) is 0 Å². The molecule has 1 aliphatic carbocycles. The first-order chi connectivity index (χ1) is 13.0. The second kappa shape index (κ2) is 7.44. The molecule has 1 aliphatic heterocycles. The minimum absolute atomic E-state index is 0.00156. The van der Waals surface area contributed by atoms with Gasteiger partial charge in [0.05, 0.1) is 0 Å². The molecule has 1 amide bonds. The molecule has 0 aromatic carbocycles. The van der Waals surface area contributed by atoms with Crippen LogP contribution < -0.4 is 10.9 Å². The summed E-state index contributed by atoms with van der Waals surface area (Å²) >= 11 is 0. The van der Waals surface area contributed by atoms with Crippen LogP contribution in [0.2, 0.25) is 0 Å². The number of carbonyl (C=O) groups is 1. The molecular formula is C20H29N5O2. The molecule has 7 nitrogen and oxygen atoms in total. The van der Waals surface area contributed by atoms with E-state index in [2.05, 4.69) is 33.7 Å². The predicted octanol–water partition coefficient (Wildman–Crippen LogP) is 2.26. The Morgan fingerprint density at radius 2 is 2.07 bits per heavy atom. The molecule has 0 radical (unpaired) electrons. The van der Waals surface area contributed by atoms with Crippen molar-refractivity contribution in [3.05, 3.63) is 22.5 Å². The predicted molar refractivity (Wildman–Crippen MR) is 103 cm³/mol. The van der Waals surface area contributed by atoms with Gasteiger partial charge in [0.15, 0.2) is 11.2 Å². The lowest BCUT2D eigenvalue weighted by atomic mass is 9.78. The Balaban J connectivity index is 1.53. The number of aromatic nitrogens is 4. The highest BCUT2D eigenvalue weighted by molar-refractivity contribution is 5.77. The number of amides is 1. The number of rotatable bonds is 3. The van der Waals surface area contributed by atoms with Crippen LogP contribution in [0.5, 0.6) is 0 Å². The summed E-state index contributed by atoms with van der Waals surface area (Å²) in [5.74, 6) is 1.90. The van der Waals surface area contributed by atoms with E-state index in [1.54, 1.807) is 0 Å². The van der Waals surface area contributed by atoms with Crippen LogP contribution in [0.1, 0.15) is 58.2 Å². The molecule has 1 saturated carbocycles. The van der Waals surface area contributed by atoms with Crippen LogP contribution in [-0.4, -0.2) is 31.1 Å². The van der Waals surface area contributed by atoms with Gasteiger partial charge < -0.3 is 9.88 Å². The van der Waals surface area contributed by atoms with E-state index in [9.17, 15) is 9.59 Å². The van der Waals surface area contributed by atoms with E-state index in [-0.39, 0.29) is 24.1 Å². The van der Waals surface area contributed by atoms with E-state index >= 15 is 0 Å². The number of nitrogens with one attached hydrogen (secondary N) is 1. The molecule has 4 rings (SSSR count). The Bertz CT molecular complexity index is 900. The molecule has 0 bridgehead atoms. The number of imidazole rings is 1. The maximum Gasteiger partial charge on any atom is 0.282 e. The van der Waals surface area contributed by atoms with Crippen LogP contribution in [0, 0.1) is 11.8 Å². The Morgan fingerprint density at radius 3 is 2.93 bits per heavy atom. The van der Waals surface area contributed by atoms with Crippen molar-refractivity contribution in [3.63, 3.8) is 0 Å². The SMILES string of the molecule is C[C@@H]1[C@H](C)CCC[C@H]1NC(=O)Cn1cnc2c(nc3n2CCCCC3)c1=O. The molecule has 2 aliphatic rings. The van der Waals surface area contributed by atoms with Crippen molar-refractivity contribution in [1.82, 2.24) is 24.4 Å². The first-order valence-electron chi connectivity index (χ1n) is 10.3. The third kappa shape index (κ3) is 3.51. The van der Waals surface area contributed by atoms with Gasteiger partial charge >= 0.3 is 0 Å². The second-order valence-corrected chi connectivity index (χ2v) is 8.28. The maximum atomic E-state index is 12.8. The molecule has 146 valence electrons. The van der Waals surface area contributed by atoms with E-state index in [1.807, 2.05) is 0 Å². The van der Waals surface area contributed by atoms with Gasteiger partial charge in [0.2, 0.25) is 5.91 Å². The van der Waals surface area contributed by atoms with Gasteiger partial charge in [-0.1, -0.05) is 33.1 Å². The van der Waals surface area contributed by atoms with Crippen LogP contribution >= 0.6 is 0 Å². The molecule has 0 spiro atoms. The Kier molecular flexibility index (Phi) is 5.02. The Hall–Kier alpha value is -2.18. The highest BCUT2D eigenvalue weighted by Gasteiger charge is 2.28. The van der Waals surface area contributed by atoms with E-state index in [1.165, 1.54) is 23.7 Å². The normalized spacial score (nSPS) is 25.8. The van der Waals surface area contributed by atoms with Gasteiger partial charge in [-0.25, -0.2) is 9.97 Å². The fourth-order valence-electron chi connectivity index (χ4n) is 4.54. The smallest absolute Gasteiger partial charge is 0.282 e. The highest BCUT2D eigenvalue weighted by Crippen LogP contribution is 2.29. The highest BCUT2D eigenvalue weighted by atomic mass is 16.2. The zero-order chi connectivity index (χ0) is 19.0. The van der Waals surface area contributed by atoms with E-state index in [4.69, 9.17) is 0 Å². The van der Waals surface area contributed by atoms with Gasteiger partial charge in [-0.15, -0.1) is 0 Å². The van der Waals surface area contributed by atoms with Gasteiger partial charge in [0.25, 0.3) is 5.56 Å². The molecule has 3 atom stereocenters. The third-order valence-electron chi connectivity index (χ3n) is 6.45. The topological polar surface area (TPSA) is 81.8 Å². The summed E-state index contributed by atoms with van der Waals surface area (Å²) in [5.41, 5.74) is 0.825. The maximum absolute atomic E-state index is 12.8. The van der Waals surface area contributed by atoms with Crippen LogP contribution in [0.25, 0.3) is 11.2 Å². The molecule has 2 aromatic heterocycles. The molecule has 1 N–H and O–H groups in total.